The van der Waals surface area contributed by atoms with Crippen LogP contribution in [0.15, 0.2) is 23.1 Å². The predicted octanol–water partition coefficient (Wildman–Crippen LogP) is 0.708. The fraction of sp³-hybridized carbons (Fsp3) is 0.417. The summed E-state index contributed by atoms with van der Waals surface area (Å²) in [5.74, 6) is -0.337. The first kappa shape index (κ1) is 15.6. The number of aryl methyl sites for hydroxylation is 1. The van der Waals surface area contributed by atoms with E-state index in [0.717, 1.165) is 12.0 Å². The van der Waals surface area contributed by atoms with Gasteiger partial charge in [-0.1, -0.05) is 19.4 Å². The maximum atomic E-state index is 11.8. The van der Waals surface area contributed by atoms with Crippen molar-refractivity contribution < 1.29 is 13.2 Å². The highest BCUT2D eigenvalue weighted by atomic mass is 32.2. The fourth-order valence-corrected chi connectivity index (χ4v) is 2.12. The average Bonchev–Trinajstić information content (AvgIpc) is 2.30. The summed E-state index contributed by atoms with van der Waals surface area (Å²) in [5.41, 5.74) is 6.84. The van der Waals surface area contributed by atoms with Crippen LogP contribution >= 0.6 is 0 Å². The molecule has 0 aliphatic rings. The lowest BCUT2D eigenvalue weighted by Crippen LogP contribution is -2.35. The Balaban J connectivity index is 2.98. The van der Waals surface area contributed by atoms with Gasteiger partial charge in [-0.15, -0.1) is 0 Å². The van der Waals surface area contributed by atoms with Crippen molar-refractivity contribution >= 4 is 21.6 Å². The summed E-state index contributed by atoms with van der Waals surface area (Å²) in [5, 5.41) is 7.67. The third kappa shape index (κ3) is 4.30. The standard InChI is InChI=1S/C12H19N3O3S/c1-3-4-10(13)12(16)15-11-7-9(19(14,17)18)6-5-8(11)2/h5-7,10H,3-4,13H2,1-2H3,(H,15,16)(H2,14,17,18)/t10-/m0/s1. The van der Waals surface area contributed by atoms with Crippen LogP contribution in [0, 0.1) is 6.92 Å². The van der Waals surface area contributed by atoms with E-state index in [4.69, 9.17) is 10.9 Å². The number of carbonyl (C=O) groups is 1. The lowest BCUT2D eigenvalue weighted by molar-refractivity contribution is -0.117. The third-order valence-electron chi connectivity index (χ3n) is 2.73. The molecule has 1 amide bonds. The van der Waals surface area contributed by atoms with Crippen molar-refractivity contribution in [2.24, 2.45) is 10.9 Å². The Morgan fingerprint density at radius 2 is 2.05 bits per heavy atom. The number of benzene rings is 1. The molecule has 6 nitrogen and oxygen atoms in total. The molecule has 7 heteroatoms. The predicted molar refractivity (Wildman–Crippen MR) is 74.1 cm³/mol. The van der Waals surface area contributed by atoms with Gasteiger partial charge in [0.15, 0.2) is 0 Å². The summed E-state index contributed by atoms with van der Waals surface area (Å²) < 4.78 is 22.5. The summed E-state index contributed by atoms with van der Waals surface area (Å²) in [6.45, 7) is 3.69. The van der Waals surface area contributed by atoms with Gasteiger partial charge in [-0.05, 0) is 31.0 Å². The third-order valence-corrected chi connectivity index (χ3v) is 3.64. The number of nitrogens with one attached hydrogen (secondary N) is 1. The minimum absolute atomic E-state index is 0.0440. The lowest BCUT2D eigenvalue weighted by Gasteiger charge is -2.13. The van der Waals surface area contributed by atoms with Gasteiger partial charge >= 0.3 is 0 Å². The average molecular weight is 285 g/mol. The van der Waals surface area contributed by atoms with E-state index in [9.17, 15) is 13.2 Å². The van der Waals surface area contributed by atoms with Gasteiger partial charge in [-0.25, -0.2) is 13.6 Å². The number of anilines is 1. The number of hydrogen-bond acceptors (Lipinski definition) is 4. The first-order chi connectivity index (χ1) is 8.75. The molecule has 5 N–H and O–H groups in total. The number of nitrogens with two attached hydrogens (primary N) is 2. The number of primary sulfonamides is 1. The molecule has 1 aromatic carbocycles. The minimum atomic E-state index is -3.79. The van der Waals surface area contributed by atoms with Gasteiger partial charge in [0.1, 0.15) is 0 Å². The Morgan fingerprint density at radius 1 is 1.42 bits per heavy atom. The molecule has 0 aliphatic carbocycles. The second-order valence-electron chi connectivity index (χ2n) is 4.41. The minimum Gasteiger partial charge on any atom is -0.324 e. The molecule has 1 rings (SSSR count). The van der Waals surface area contributed by atoms with Crippen LogP contribution in [-0.2, 0) is 14.8 Å². The number of sulfonamides is 1. The molecule has 0 radical (unpaired) electrons. The molecule has 0 saturated carbocycles. The molecular weight excluding hydrogens is 266 g/mol. The first-order valence-corrected chi connectivity index (χ1v) is 7.50. The summed E-state index contributed by atoms with van der Waals surface area (Å²) in [6, 6.07) is 3.70. The first-order valence-electron chi connectivity index (χ1n) is 5.95. The second-order valence-corrected chi connectivity index (χ2v) is 5.97. The molecule has 19 heavy (non-hydrogen) atoms. The molecule has 0 saturated heterocycles. The zero-order chi connectivity index (χ0) is 14.6. The molecule has 0 spiro atoms. The Bertz CT molecular complexity index is 570. The Morgan fingerprint density at radius 3 is 2.58 bits per heavy atom. The molecule has 0 aliphatic heterocycles. The van der Waals surface area contributed by atoms with E-state index in [0.29, 0.717) is 12.1 Å². The smallest absolute Gasteiger partial charge is 0.241 e. The van der Waals surface area contributed by atoms with Gasteiger partial charge in [0.25, 0.3) is 0 Å². The largest absolute Gasteiger partial charge is 0.324 e. The van der Waals surface area contributed by atoms with E-state index in [1.54, 1.807) is 13.0 Å². The van der Waals surface area contributed by atoms with E-state index >= 15 is 0 Å². The van der Waals surface area contributed by atoms with Crippen molar-refractivity contribution in [1.29, 1.82) is 0 Å². The molecule has 106 valence electrons. The van der Waals surface area contributed by atoms with Crippen molar-refractivity contribution in [2.45, 2.75) is 37.6 Å². The SMILES string of the molecule is CCC[C@H](N)C(=O)Nc1cc(S(N)(=O)=O)ccc1C. The van der Waals surface area contributed by atoms with Crippen LogP contribution in [0.4, 0.5) is 5.69 Å². The van der Waals surface area contributed by atoms with Crippen LogP contribution in [0.1, 0.15) is 25.3 Å². The Hall–Kier alpha value is -1.44. The van der Waals surface area contributed by atoms with Crippen molar-refractivity contribution in [3.8, 4) is 0 Å². The van der Waals surface area contributed by atoms with Gasteiger partial charge < -0.3 is 11.1 Å². The number of hydrogen-bond donors (Lipinski definition) is 3. The lowest BCUT2D eigenvalue weighted by atomic mass is 10.1. The molecule has 0 bridgehead atoms. The molecule has 1 atom stereocenters. The number of carbonyl (C=O) groups excluding carboxylic acids is 1. The molecule has 0 fully saturated rings. The van der Waals surface area contributed by atoms with E-state index in [2.05, 4.69) is 5.32 Å². The Labute approximate surface area is 113 Å². The summed E-state index contributed by atoms with van der Waals surface area (Å²) in [4.78, 5) is 11.8. The van der Waals surface area contributed by atoms with E-state index < -0.39 is 16.1 Å². The van der Waals surface area contributed by atoms with Crippen LogP contribution in [0.3, 0.4) is 0 Å². The maximum Gasteiger partial charge on any atom is 0.241 e. The van der Waals surface area contributed by atoms with Gasteiger partial charge in [-0.2, -0.15) is 0 Å². The topological polar surface area (TPSA) is 115 Å². The normalized spacial score (nSPS) is 13.1. The number of amides is 1. The van der Waals surface area contributed by atoms with Crippen LogP contribution in [0.5, 0.6) is 0 Å². The molecular formula is C12H19N3O3S. The highest BCUT2D eigenvalue weighted by Crippen LogP contribution is 2.19. The fourth-order valence-electron chi connectivity index (χ4n) is 1.58. The summed E-state index contributed by atoms with van der Waals surface area (Å²) in [7, 11) is -3.79. The van der Waals surface area contributed by atoms with Crippen LogP contribution in [0.25, 0.3) is 0 Å². The van der Waals surface area contributed by atoms with Gasteiger partial charge in [0.05, 0.1) is 10.9 Å². The van der Waals surface area contributed by atoms with Gasteiger partial charge in [0, 0.05) is 5.69 Å². The highest BCUT2D eigenvalue weighted by Gasteiger charge is 2.15. The zero-order valence-corrected chi connectivity index (χ0v) is 11.8. The Kier molecular flexibility index (Phi) is 5.04. The molecule has 1 aromatic rings. The zero-order valence-electron chi connectivity index (χ0n) is 11.0. The van der Waals surface area contributed by atoms with Crippen molar-refractivity contribution in [3.05, 3.63) is 23.8 Å². The second kappa shape index (κ2) is 6.14. The van der Waals surface area contributed by atoms with E-state index in [1.165, 1.54) is 12.1 Å². The monoisotopic (exact) mass is 285 g/mol. The van der Waals surface area contributed by atoms with Gasteiger partial charge in [0.2, 0.25) is 15.9 Å². The molecule has 0 unspecified atom stereocenters. The van der Waals surface area contributed by atoms with E-state index in [1.807, 2.05) is 6.92 Å². The van der Waals surface area contributed by atoms with Crippen LogP contribution in [0.2, 0.25) is 0 Å². The van der Waals surface area contributed by atoms with Crippen molar-refractivity contribution in [3.63, 3.8) is 0 Å². The maximum absolute atomic E-state index is 11.8. The molecule has 0 heterocycles. The summed E-state index contributed by atoms with van der Waals surface area (Å²) >= 11 is 0. The van der Waals surface area contributed by atoms with Crippen molar-refractivity contribution in [1.82, 2.24) is 0 Å². The van der Waals surface area contributed by atoms with Gasteiger partial charge in [-0.3, -0.25) is 4.79 Å². The van der Waals surface area contributed by atoms with E-state index in [-0.39, 0.29) is 10.8 Å². The van der Waals surface area contributed by atoms with Crippen LogP contribution in [-0.4, -0.2) is 20.4 Å². The van der Waals surface area contributed by atoms with Crippen molar-refractivity contribution in [2.75, 3.05) is 5.32 Å². The number of rotatable bonds is 5. The van der Waals surface area contributed by atoms with Crippen LogP contribution < -0.4 is 16.2 Å². The summed E-state index contributed by atoms with van der Waals surface area (Å²) in [6.07, 6.45) is 1.37. The highest BCUT2D eigenvalue weighted by molar-refractivity contribution is 7.89. The quantitative estimate of drug-likeness (QED) is 0.738. The molecule has 0 aromatic heterocycles.